The zero-order valence-corrected chi connectivity index (χ0v) is 20.0. The molecule has 188 valence electrons. The van der Waals surface area contributed by atoms with E-state index in [1.165, 1.54) is 9.58 Å². The zero-order valence-electron chi connectivity index (χ0n) is 20.0. The molecule has 0 aliphatic rings. The minimum absolute atomic E-state index is 0.0748. The van der Waals surface area contributed by atoms with E-state index in [2.05, 4.69) is 10.1 Å². The fourth-order valence-corrected chi connectivity index (χ4v) is 3.94. The first-order valence-corrected chi connectivity index (χ1v) is 11.2. The zero-order chi connectivity index (χ0) is 25.8. The Kier molecular flexibility index (Phi) is 8.29. The predicted octanol–water partition coefficient (Wildman–Crippen LogP) is 3.48. The maximum atomic E-state index is 14.6. The van der Waals surface area contributed by atoms with Crippen LogP contribution in [0.4, 0.5) is 13.2 Å². The van der Waals surface area contributed by atoms with Crippen LogP contribution in [0.3, 0.4) is 0 Å². The van der Waals surface area contributed by atoms with Gasteiger partial charge in [0.1, 0.15) is 24.4 Å². The van der Waals surface area contributed by atoms with Crippen molar-refractivity contribution in [3.05, 3.63) is 71.6 Å². The first-order chi connectivity index (χ1) is 16.5. The summed E-state index contributed by atoms with van der Waals surface area (Å²) < 4.78 is 44.5. The van der Waals surface area contributed by atoms with Crippen LogP contribution in [0.2, 0.25) is 0 Å². The lowest BCUT2D eigenvalue weighted by Crippen LogP contribution is -2.47. The Morgan fingerprint density at radius 1 is 1.17 bits per heavy atom. The SMILES string of the molecule is CC(C)(C)C(c1nc(-c2cc(F)ccc2F)nn1Cc1ccccc1)N(CC(F)CN)C(=O)CO. The fourth-order valence-electron chi connectivity index (χ4n) is 3.94. The first-order valence-electron chi connectivity index (χ1n) is 11.2. The molecule has 7 nitrogen and oxygen atoms in total. The maximum Gasteiger partial charge on any atom is 0.249 e. The van der Waals surface area contributed by atoms with E-state index < -0.39 is 41.8 Å². The lowest BCUT2D eigenvalue weighted by molar-refractivity contribution is -0.140. The highest BCUT2D eigenvalue weighted by Crippen LogP contribution is 2.39. The molecule has 2 aromatic carbocycles. The summed E-state index contributed by atoms with van der Waals surface area (Å²) in [4.78, 5) is 18.5. The number of hydrogen-bond acceptors (Lipinski definition) is 5. The third-order valence-corrected chi connectivity index (χ3v) is 5.53. The van der Waals surface area contributed by atoms with Crippen molar-refractivity contribution in [2.24, 2.45) is 11.1 Å². The summed E-state index contributed by atoms with van der Waals surface area (Å²) in [6.45, 7) is 4.16. The van der Waals surface area contributed by atoms with Gasteiger partial charge in [-0.1, -0.05) is 51.1 Å². The van der Waals surface area contributed by atoms with Gasteiger partial charge in [0.15, 0.2) is 11.6 Å². The quantitative estimate of drug-likeness (QED) is 0.480. The van der Waals surface area contributed by atoms with Crippen LogP contribution in [-0.4, -0.2) is 56.5 Å². The second-order valence-electron chi connectivity index (χ2n) is 9.37. The molecule has 0 radical (unpaired) electrons. The number of carbonyl (C=O) groups is 1. The molecule has 10 heteroatoms. The summed E-state index contributed by atoms with van der Waals surface area (Å²) in [5, 5.41) is 14.1. The van der Waals surface area contributed by atoms with Gasteiger partial charge >= 0.3 is 0 Å². The van der Waals surface area contributed by atoms with E-state index in [-0.39, 0.29) is 36.8 Å². The highest BCUT2D eigenvalue weighted by Gasteiger charge is 2.39. The summed E-state index contributed by atoms with van der Waals surface area (Å²) in [7, 11) is 0. The number of aromatic nitrogens is 3. The summed E-state index contributed by atoms with van der Waals surface area (Å²) in [6.07, 6.45) is -1.54. The number of aliphatic hydroxyl groups excluding tert-OH is 1. The molecule has 35 heavy (non-hydrogen) atoms. The average molecular weight is 490 g/mol. The second kappa shape index (κ2) is 11.0. The molecule has 0 aliphatic carbocycles. The smallest absolute Gasteiger partial charge is 0.249 e. The van der Waals surface area contributed by atoms with Crippen molar-refractivity contribution in [1.29, 1.82) is 0 Å². The van der Waals surface area contributed by atoms with Gasteiger partial charge in [-0.05, 0) is 29.2 Å². The molecule has 1 heterocycles. The van der Waals surface area contributed by atoms with Crippen LogP contribution in [-0.2, 0) is 11.3 Å². The standard InChI is InChI=1S/C25H30F3N5O2/c1-25(2,3)22(32(21(35)15-34)14-18(27)12-29)24-30-23(19-11-17(26)9-10-20(19)28)31-33(24)13-16-7-5-4-6-8-16/h4-11,18,22,34H,12-15,29H2,1-3H3. The van der Waals surface area contributed by atoms with Crippen molar-refractivity contribution in [2.75, 3.05) is 19.7 Å². The van der Waals surface area contributed by atoms with Gasteiger partial charge in [0.05, 0.1) is 24.7 Å². The van der Waals surface area contributed by atoms with Crippen molar-refractivity contribution in [3.63, 3.8) is 0 Å². The Labute approximate surface area is 202 Å². The Morgan fingerprint density at radius 3 is 2.46 bits per heavy atom. The van der Waals surface area contributed by atoms with Crippen molar-refractivity contribution in [3.8, 4) is 11.4 Å². The Balaban J connectivity index is 2.22. The summed E-state index contributed by atoms with van der Waals surface area (Å²) in [5.74, 6) is -1.92. The lowest BCUT2D eigenvalue weighted by Gasteiger charge is -2.39. The molecule has 2 atom stereocenters. The molecule has 0 saturated carbocycles. The number of aliphatic hydroxyl groups is 1. The van der Waals surface area contributed by atoms with E-state index in [0.29, 0.717) is 0 Å². The molecule has 0 fully saturated rings. The Bertz CT molecular complexity index is 1150. The molecule has 0 spiro atoms. The van der Waals surface area contributed by atoms with Gasteiger partial charge in [-0.3, -0.25) is 4.79 Å². The average Bonchev–Trinajstić information content (AvgIpc) is 3.21. The van der Waals surface area contributed by atoms with E-state index in [1.54, 1.807) is 0 Å². The van der Waals surface area contributed by atoms with Crippen LogP contribution in [0, 0.1) is 17.0 Å². The molecule has 3 N–H and O–H groups in total. The van der Waals surface area contributed by atoms with E-state index in [1.807, 2.05) is 51.1 Å². The number of nitrogens with two attached hydrogens (primary N) is 1. The van der Waals surface area contributed by atoms with Crippen LogP contribution >= 0.6 is 0 Å². The van der Waals surface area contributed by atoms with Gasteiger partial charge in [-0.25, -0.2) is 22.8 Å². The van der Waals surface area contributed by atoms with Crippen LogP contribution in [0.15, 0.2) is 48.5 Å². The van der Waals surface area contributed by atoms with E-state index >= 15 is 0 Å². The van der Waals surface area contributed by atoms with Crippen molar-refractivity contribution in [1.82, 2.24) is 19.7 Å². The molecular weight excluding hydrogens is 459 g/mol. The fraction of sp³-hybridized carbons (Fsp3) is 0.400. The molecule has 0 bridgehead atoms. The third kappa shape index (κ3) is 6.26. The van der Waals surface area contributed by atoms with E-state index in [9.17, 15) is 23.1 Å². The number of carbonyl (C=O) groups excluding carboxylic acids is 1. The lowest BCUT2D eigenvalue weighted by atomic mass is 9.84. The predicted molar refractivity (Wildman–Crippen MR) is 126 cm³/mol. The largest absolute Gasteiger partial charge is 0.387 e. The highest BCUT2D eigenvalue weighted by molar-refractivity contribution is 5.77. The molecule has 0 saturated heterocycles. The number of halogens is 3. The highest BCUT2D eigenvalue weighted by atomic mass is 19.1. The number of benzene rings is 2. The van der Waals surface area contributed by atoms with Crippen molar-refractivity contribution < 1.29 is 23.1 Å². The third-order valence-electron chi connectivity index (χ3n) is 5.53. The Morgan fingerprint density at radius 2 is 1.86 bits per heavy atom. The van der Waals surface area contributed by atoms with E-state index in [4.69, 9.17) is 5.73 Å². The van der Waals surface area contributed by atoms with Gasteiger partial charge in [0.25, 0.3) is 0 Å². The van der Waals surface area contributed by atoms with Gasteiger partial charge in [0.2, 0.25) is 5.91 Å². The van der Waals surface area contributed by atoms with Crippen molar-refractivity contribution >= 4 is 5.91 Å². The van der Waals surface area contributed by atoms with Crippen LogP contribution in [0.25, 0.3) is 11.4 Å². The topological polar surface area (TPSA) is 97.3 Å². The van der Waals surface area contributed by atoms with Crippen LogP contribution in [0.1, 0.15) is 38.2 Å². The minimum Gasteiger partial charge on any atom is -0.387 e. The molecule has 3 aromatic rings. The van der Waals surface area contributed by atoms with Gasteiger partial charge in [-0.15, -0.1) is 0 Å². The minimum atomic E-state index is -1.54. The summed E-state index contributed by atoms with van der Waals surface area (Å²) in [6, 6.07) is 11.4. The molecule has 1 aromatic heterocycles. The Hall–Kier alpha value is -3.24. The maximum absolute atomic E-state index is 14.6. The molecule has 3 rings (SSSR count). The van der Waals surface area contributed by atoms with Crippen LogP contribution in [0.5, 0.6) is 0 Å². The van der Waals surface area contributed by atoms with Gasteiger partial charge < -0.3 is 15.7 Å². The van der Waals surface area contributed by atoms with Crippen LogP contribution < -0.4 is 5.73 Å². The number of amides is 1. The van der Waals surface area contributed by atoms with Gasteiger partial charge in [-0.2, -0.15) is 5.10 Å². The second-order valence-corrected chi connectivity index (χ2v) is 9.37. The number of nitrogens with zero attached hydrogens (tertiary/aromatic N) is 4. The monoisotopic (exact) mass is 489 g/mol. The summed E-state index contributed by atoms with van der Waals surface area (Å²) in [5.41, 5.74) is 5.46. The van der Waals surface area contributed by atoms with Crippen molar-refractivity contribution in [2.45, 2.75) is 39.5 Å². The molecule has 1 amide bonds. The molecular formula is C25H30F3N5O2. The molecule has 0 aliphatic heterocycles. The number of rotatable bonds is 9. The normalized spacial score (nSPS) is 13.5. The van der Waals surface area contributed by atoms with Gasteiger partial charge in [0, 0.05) is 6.54 Å². The number of alkyl halides is 1. The van der Waals surface area contributed by atoms with E-state index in [0.717, 1.165) is 23.8 Å². The molecule has 2 unspecified atom stereocenters. The summed E-state index contributed by atoms with van der Waals surface area (Å²) >= 11 is 0. The first kappa shape index (κ1) is 26.4. The number of hydrogen-bond donors (Lipinski definition) is 2.